The van der Waals surface area contributed by atoms with Gasteiger partial charge in [-0.25, -0.2) is 4.79 Å². The standard InChI is InChI=1S/C18H36O2.C3H6O3.Na.H/c1-2-3-4-5-6-7-8-9-10-11-12-13-14-15-16-17-18(19)20;1-2(4)3(5)6;;/h2-17H2,1H3,(H,19,20);2,4H,1H3,(H,5,6);;/q;;+1;-1. The number of aliphatic hydroxyl groups excluding tert-OH is 1. The normalized spacial score (nSPS) is 11.1. The molecule has 5 nitrogen and oxygen atoms in total. The van der Waals surface area contributed by atoms with Gasteiger partial charge in [0.2, 0.25) is 0 Å². The minimum atomic E-state index is -1.23. The van der Waals surface area contributed by atoms with Gasteiger partial charge in [0.1, 0.15) is 6.10 Å². The summed E-state index contributed by atoms with van der Waals surface area (Å²) in [6.45, 7) is 3.47. The van der Waals surface area contributed by atoms with Gasteiger partial charge in [-0.3, -0.25) is 4.79 Å². The minimum absolute atomic E-state index is 0. The second-order valence-corrected chi connectivity index (χ2v) is 7.11. The number of carboxylic acids is 2. The predicted octanol–water partition coefficient (Wildman–Crippen LogP) is 2.90. The van der Waals surface area contributed by atoms with Crippen LogP contribution in [0.4, 0.5) is 0 Å². The summed E-state index contributed by atoms with van der Waals surface area (Å²) in [7, 11) is 0. The second-order valence-electron chi connectivity index (χ2n) is 7.11. The van der Waals surface area contributed by atoms with E-state index in [-0.39, 0.29) is 31.0 Å². The number of unbranched alkanes of at least 4 members (excludes halogenated alkanes) is 14. The first-order chi connectivity index (χ1) is 12.4. The van der Waals surface area contributed by atoms with Crippen LogP contribution in [-0.4, -0.2) is 33.4 Å². The third-order valence-electron chi connectivity index (χ3n) is 4.35. The Hall–Kier alpha value is -0.100. The fourth-order valence-electron chi connectivity index (χ4n) is 2.65. The maximum absolute atomic E-state index is 10.3. The molecule has 1 unspecified atom stereocenters. The minimum Gasteiger partial charge on any atom is -1.00 e. The van der Waals surface area contributed by atoms with E-state index in [1.807, 2.05) is 0 Å². The van der Waals surface area contributed by atoms with E-state index in [0.717, 1.165) is 12.8 Å². The van der Waals surface area contributed by atoms with Crippen molar-refractivity contribution in [3.05, 3.63) is 0 Å². The van der Waals surface area contributed by atoms with Gasteiger partial charge in [-0.05, 0) is 13.3 Å². The van der Waals surface area contributed by atoms with E-state index < -0.39 is 18.0 Å². The van der Waals surface area contributed by atoms with E-state index >= 15 is 0 Å². The predicted molar refractivity (Wildman–Crippen MR) is 108 cm³/mol. The summed E-state index contributed by atoms with van der Waals surface area (Å²) in [5, 5.41) is 24.3. The average Bonchev–Trinajstić information content (AvgIpc) is 2.58. The van der Waals surface area contributed by atoms with E-state index in [1.165, 1.54) is 90.4 Å². The summed E-state index contributed by atoms with van der Waals surface area (Å²) in [6.07, 6.45) is 19.0. The van der Waals surface area contributed by atoms with Crippen molar-refractivity contribution in [2.24, 2.45) is 0 Å². The molecule has 0 rings (SSSR count). The quantitative estimate of drug-likeness (QED) is 0.259. The number of carbonyl (C=O) groups is 2. The largest absolute Gasteiger partial charge is 1.00 e. The van der Waals surface area contributed by atoms with Gasteiger partial charge < -0.3 is 16.7 Å². The number of rotatable bonds is 17. The number of aliphatic hydroxyl groups is 1. The van der Waals surface area contributed by atoms with Crippen molar-refractivity contribution in [3.63, 3.8) is 0 Å². The molecule has 1 atom stereocenters. The SMILES string of the molecule is CC(O)C(=O)O.CCCCCCCCCCCCCCCCCC(=O)O.[H-].[Na+]. The first-order valence-corrected chi connectivity index (χ1v) is 10.5. The fraction of sp³-hybridized carbons (Fsp3) is 0.905. The van der Waals surface area contributed by atoms with Crippen molar-refractivity contribution < 1.29 is 55.9 Å². The molecule has 3 N–H and O–H groups in total. The molecule has 0 aromatic heterocycles. The van der Waals surface area contributed by atoms with Crippen LogP contribution in [0.1, 0.15) is 118 Å². The summed E-state index contributed by atoms with van der Waals surface area (Å²) < 4.78 is 0. The van der Waals surface area contributed by atoms with Gasteiger partial charge in [0.15, 0.2) is 0 Å². The van der Waals surface area contributed by atoms with Gasteiger partial charge in [0.25, 0.3) is 0 Å². The average molecular weight is 399 g/mol. The molecule has 0 spiro atoms. The number of carboxylic acid groups (broad SMARTS) is 2. The van der Waals surface area contributed by atoms with Crippen LogP contribution in [0.5, 0.6) is 0 Å². The topological polar surface area (TPSA) is 94.8 Å². The number of aliphatic carboxylic acids is 2. The van der Waals surface area contributed by atoms with Crippen LogP contribution in [0, 0.1) is 0 Å². The Morgan fingerprint density at radius 1 is 0.704 bits per heavy atom. The zero-order valence-electron chi connectivity index (χ0n) is 19.0. The van der Waals surface area contributed by atoms with Crippen LogP contribution in [0.25, 0.3) is 0 Å². The van der Waals surface area contributed by atoms with E-state index in [4.69, 9.17) is 15.3 Å². The number of hydrogen-bond donors (Lipinski definition) is 3. The molecule has 0 saturated heterocycles. The maximum Gasteiger partial charge on any atom is 1.00 e. The molecule has 0 aliphatic rings. The Balaban J connectivity index is -0.000000312. The molecule has 158 valence electrons. The third-order valence-corrected chi connectivity index (χ3v) is 4.35. The summed E-state index contributed by atoms with van der Waals surface area (Å²) >= 11 is 0. The molecular formula is C21H43NaO5. The van der Waals surface area contributed by atoms with Crippen molar-refractivity contribution in [2.75, 3.05) is 0 Å². The summed E-state index contributed by atoms with van der Waals surface area (Å²) in [4.78, 5) is 19.8. The van der Waals surface area contributed by atoms with Gasteiger partial charge in [-0.15, -0.1) is 0 Å². The van der Waals surface area contributed by atoms with Gasteiger partial charge >= 0.3 is 41.5 Å². The molecule has 0 aromatic carbocycles. The van der Waals surface area contributed by atoms with Gasteiger partial charge in [0, 0.05) is 6.42 Å². The van der Waals surface area contributed by atoms with E-state index in [1.54, 1.807) is 0 Å². The third kappa shape index (κ3) is 33.9. The molecule has 0 heterocycles. The van der Waals surface area contributed by atoms with Crippen molar-refractivity contribution in [1.82, 2.24) is 0 Å². The van der Waals surface area contributed by atoms with E-state index in [2.05, 4.69) is 6.92 Å². The van der Waals surface area contributed by atoms with Gasteiger partial charge in [-0.1, -0.05) is 96.8 Å². The molecule has 0 aliphatic carbocycles. The summed E-state index contributed by atoms with van der Waals surface area (Å²) in [5.41, 5.74) is 0. The molecule has 0 radical (unpaired) electrons. The zero-order chi connectivity index (χ0) is 20.0. The molecular weight excluding hydrogens is 355 g/mol. The summed E-state index contributed by atoms with van der Waals surface area (Å²) in [6, 6.07) is 0. The Labute approximate surface area is 190 Å². The molecule has 27 heavy (non-hydrogen) atoms. The van der Waals surface area contributed by atoms with Crippen LogP contribution >= 0.6 is 0 Å². The first-order valence-electron chi connectivity index (χ1n) is 10.5. The fourth-order valence-corrected chi connectivity index (χ4v) is 2.65. The Morgan fingerprint density at radius 3 is 1.19 bits per heavy atom. The van der Waals surface area contributed by atoms with Crippen LogP contribution in [0.3, 0.4) is 0 Å². The van der Waals surface area contributed by atoms with Gasteiger partial charge in [0.05, 0.1) is 0 Å². The van der Waals surface area contributed by atoms with Crippen molar-refractivity contribution >= 4 is 11.9 Å². The molecule has 0 saturated carbocycles. The Bertz CT molecular complexity index is 328. The Kier molecular flexibility index (Phi) is 30.3. The second kappa shape index (κ2) is 25.9. The van der Waals surface area contributed by atoms with Crippen molar-refractivity contribution in [1.29, 1.82) is 0 Å². The van der Waals surface area contributed by atoms with Crippen LogP contribution in [-0.2, 0) is 9.59 Å². The monoisotopic (exact) mass is 398 g/mol. The molecule has 0 bridgehead atoms. The van der Waals surface area contributed by atoms with E-state index in [9.17, 15) is 9.59 Å². The van der Waals surface area contributed by atoms with Crippen molar-refractivity contribution in [3.8, 4) is 0 Å². The molecule has 0 aliphatic heterocycles. The molecule has 0 fully saturated rings. The number of hydrogen-bond acceptors (Lipinski definition) is 3. The molecule has 0 aromatic rings. The van der Waals surface area contributed by atoms with E-state index in [0.29, 0.717) is 6.42 Å². The smallest absolute Gasteiger partial charge is 1.00 e. The van der Waals surface area contributed by atoms with Crippen molar-refractivity contribution in [2.45, 2.75) is 123 Å². The first kappa shape index (κ1) is 31.6. The summed E-state index contributed by atoms with van der Waals surface area (Å²) in [5.74, 6) is -1.84. The maximum atomic E-state index is 10.3. The molecule has 6 heteroatoms. The Morgan fingerprint density at radius 2 is 0.963 bits per heavy atom. The zero-order valence-corrected chi connectivity index (χ0v) is 20.0. The van der Waals surface area contributed by atoms with Crippen LogP contribution in [0.2, 0.25) is 0 Å². The van der Waals surface area contributed by atoms with Gasteiger partial charge in [-0.2, -0.15) is 0 Å². The molecule has 0 amide bonds. The van der Waals surface area contributed by atoms with Crippen LogP contribution < -0.4 is 29.6 Å². The van der Waals surface area contributed by atoms with Crippen LogP contribution in [0.15, 0.2) is 0 Å².